The van der Waals surface area contributed by atoms with E-state index in [1.54, 1.807) is 6.07 Å². The highest BCUT2D eigenvalue weighted by atomic mass is 16.4. The van der Waals surface area contributed by atoms with Crippen molar-refractivity contribution in [2.24, 2.45) is 5.41 Å². The summed E-state index contributed by atoms with van der Waals surface area (Å²) in [7, 11) is 0. The van der Waals surface area contributed by atoms with Gasteiger partial charge in [0.2, 0.25) is 0 Å². The standard InChI is InChI=1S/C15H22N2O2/c1-15(2)7-4-8-17(10-15)9-11-5-3-6-12(16)13(11)14(18)19/h3,5-6H,4,7-10,16H2,1-2H3,(H,18,19). The summed E-state index contributed by atoms with van der Waals surface area (Å²) >= 11 is 0. The number of aromatic carboxylic acids is 1. The lowest BCUT2D eigenvalue weighted by Crippen LogP contribution is -2.39. The second kappa shape index (κ2) is 5.21. The average Bonchev–Trinajstić information content (AvgIpc) is 2.26. The molecule has 0 unspecified atom stereocenters. The number of likely N-dealkylation sites (tertiary alicyclic amines) is 1. The minimum absolute atomic E-state index is 0.255. The normalized spacial score (nSPS) is 19.3. The maximum Gasteiger partial charge on any atom is 0.338 e. The molecule has 1 aromatic carbocycles. The molecule has 0 radical (unpaired) electrons. The van der Waals surface area contributed by atoms with Gasteiger partial charge in [-0.15, -0.1) is 0 Å². The smallest absolute Gasteiger partial charge is 0.338 e. The van der Waals surface area contributed by atoms with Crippen LogP contribution in [0.15, 0.2) is 18.2 Å². The zero-order valence-electron chi connectivity index (χ0n) is 11.6. The first kappa shape index (κ1) is 13.9. The van der Waals surface area contributed by atoms with Gasteiger partial charge in [-0.2, -0.15) is 0 Å². The Bertz CT molecular complexity index is 483. The molecular formula is C15H22N2O2. The van der Waals surface area contributed by atoms with Gasteiger partial charge in [-0.05, 0) is 36.4 Å². The fourth-order valence-electron chi connectivity index (χ4n) is 2.93. The van der Waals surface area contributed by atoms with E-state index in [-0.39, 0.29) is 5.56 Å². The molecule has 0 atom stereocenters. The van der Waals surface area contributed by atoms with Gasteiger partial charge in [-0.25, -0.2) is 4.79 Å². The Morgan fingerprint density at radius 2 is 2.21 bits per heavy atom. The molecule has 3 N–H and O–H groups in total. The first-order chi connectivity index (χ1) is 8.89. The van der Waals surface area contributed by atoms with Gasteiger partial charge in [0.25, 0.3) is 0 Å². The minimum Gasteiger partial charge on any atom is -0.478 e. The number of rotatable bonds is 3. The molecule has 0 amide bonds. The number of piperidine rings is 1. The maximum absolute atomic E-state index is 11.3. The maximum atomic E-state index is 11.3. The van der Waals surface area contributed by atoms with E-state index in [9.17, 15) is 9.90 Å². The van der Waals surface area contributed by atoms with Crippen molar-refractivity contribution in [3.63, 3.8) is 0 Å². The predicted octanol–water partition coefficient (Wildman–Crippen LogP) is 2.59. The molecule has 0 aromatic heterocycles. The van der Waals surface area contributed by atoms with Crippen molar-refractivity contribution >= 4 is 11.7 Å². The van der Waals surface area contributed by atoms with Gasteiger partial charge in [0.15, 0.2) is 0 Å². The third-order valence-electron chi connectivity index (χ3n) is 3.77. The van der Waals surface area contributed by atoms with Gasteiger partial charge < -0.3 is 10.8 Å². The molecule has 104 valence electrons. The van der Waals surface area contributed by atoms with Crippen molar-refractivity contribution in [2.75, 3.05) is 18.8 Å². The van der Waals surface area contributed by atoms with Crippen LogP contribution < -0.4 is 5.73 Å². The van der Waals surface area contributed by atoms with E-state index < -0.39 is 5.97 Å². The Labute approximate surface area is 114 Å². The highest BCUT2D eigenvalue weighted by molar-refractivity contribution is 5.95. The molecule has 19 heavy (non-hydrogen) atoms. The molecule has 1 aliphatic heterocycles. The number of anilines is 1. The summed E-state index contributed by atoms with van der Waals surface area (Å²) in [5.41, 5.74) is 7.50. The number of nitrogens with two attached hydrogens (primary N) is 1. The quantitative estimate of drug-likeness (QED) is 0.822. The van der Waals surface area contributed by atoms with Crippen LogP contribution in [0.4, 0.5) is 5.69 Å². The zero-order chi connectivity index (χ0) is 14.0. The Hall–Kier alpha value is -1.55. The van der Waals surface area contributed by atoms with Gasteiger partial charge in [0, 0.05) is 18.8 Å². The van der Waals surface area contributed by atoms with Crippen molar-refractivity contribution in [1.82, 2.24) is 4.90 Å². The van der Waals surface area contributed by atoms with E-state index in [0.717, 1.165) is 25.1 Å². The van der Waals surface area contributed by atoms with Crippen molar-refractivity contribution in [3.05, 3.63) is 29.3 Å². The van der Waals surface area contributed by atoms with Crippen LogP contribution in [-0.2, 0) is 6.54 Å². The number of hydrogen-bond acceptors (Lipinski definition) is 3. The fraction of sp³-hybridized carbons (Fsp3) is 0.533. The molecule has 1 fully saturated rings. The van der Waals surface area contributed by atoms with Crippen LogP contribution in [-0.4, -0.2) is 29.1 Å². The lowest BCUT2D eigenvalue weighted by atomic mass is 9.84. The number of carbonyl (C=O) groups is 1. The number of nitrogens with zero attached hydrogens (tertiary/aromatic N) is 1. The second-order valence-electron chi connectivity index (χ2n) is 6.16. The van der Waals surface area contributed by atoms with Gasteiger partial charge in [-0.3, -0.25) is 4.90 Å². The summed E-state index contributed by atoms with van der Waals surface area (Å²) in [6.45, 7) is 7.21. The first-order valence-electron chi connectivity index (χ1n) is 6.72. The minimum atomic E-state index is -0.940. The van der Waals surface area contributed by atoms with E-state index in [4.69, 9.17) is 5.73 Å². The summed E-state index contributed by atoms with van der Waals surface area (Å²) < 4.78 is 0. The van der Waals surface area contributed by atoms with E-state index >= 15 is 0 Å². The molecule has 0 aliphatic carbocycles. The molecule has 0 spiro atoms. The summed E-state index contributed by atoms with van der Waals surface area (Å²) in [5, 5.41) is 9.28. The van der Waals surface area contributed by atoms with Crippen LogP contribution in [0.5, 0.6) is 0 Å². The summed E-state index contributed by atoms with van der Waals surface area (Å²) in [5.74, 6) is -0.940. The van der Waals surface area contributed by atoms with Gasteiger partial charge in [0.05, 0.1) is 5.56 Å². The van der Waals surface area contributed by atoms with Crippen molar-refractivity contribution in [1.29, 1.82) is 0 Å². The highest BCUT2D eigenvalue weighted by Crippen LogP contribution is 2.30. The fourth-order valence-corrected chi connectivity index (χ4v) is 2.93. The Morgan fingerprint density at radius 3 is 2.84 bits per heavy atom. The Kier molecular flexibility index (Phi) is 3.80. The van der Waals surface area contributed by atoms with Crippen LogP contribution in [0, 0.1) is 5.41 Å². The van der Waals surface area contributed by atoms with Gasteiger partial charge in [-0.1, -0.05) is 26.0 Å². The largest absolute Gasteiger partial charge is 0.478 e. The molecule has 0 bridgehead atoms. The molecule has 1 saturated heterocycles. The molecule has 2 rings (SSSR count). The molecular weight excluding hydrogens is 240 g/mol. The molecule has 1 aromatic rings. The predicted molar refractivity (Wildman–Crippen MR) is 76.1 cm³/mol. The summed E-state index contributed by atoms with van der Waals surface area (Å²) in [4.78, 5) is 13.6. The van der Waals surface area contributed by atoms with E-state index in [1.165, 1.54) is 6.42 Å². The van der Waals surface area contributed by atoms with Gasteiger partial charge >= 0.3 is 5.97 Å². The summed E-state index contributed by atoms with van der Waals surface area (Å²) in [6.07, 6.45) is 2.39. The van der Waals surface area contributed by atoms with Crippen LogP contribution in [0.25, 0.3) is 0 Å². The number of hydrogen-bond donors (Lipinski definition) is 2. The van der Waals surface area contributed by atoms with Crippen molar-refractivity contribution < 1.29 is 9.90 Å². The third kappa shape index (κ3) is 3.26. The Morgan fingerprint density at radius 1 is 1.47 bits per heavy atom. The van der Waals surface area contributed by atoms with Crippen LogP contribution in [0.2, 0.25) is 0 Å². The molecule has 4 nitrogen and oxygen atoms in total. The number of carboxylic acids is 1. The number of carboxylic acid groups (broad SMARTS) is 1. The lowest BCUT2D eigenvalue weighted by Gasteiger charge is -2.38. The van der Waals surface area contributed by atoms with E-state index in [2.05, 4.69) is 18.7 Å². The van der Waals surface area contributed by atoms with E-state index in [1.807, 2.05) is 12.1 Å². The zero-order valence-corrected chi connectivity index (χ0v) is 11.6. The topological polar surface area (TPSA) is 66.6 Å². The van der Waals surface area contributed by atoms with Crippen LogP contribution in [0.3, 0.4) is 0 Å². The molecule has 1 aliphatic rings. The molecule has 1 heterocycles. The van der Waals surface area contributed by atoms with Crippen LogP contribution >= 0.6 is 0 Å². The Balaban J connectivity index is 2.19. The van der Waals surface area contributed by atoms with Gasteiger partial charge in [0.1, 0.15) is 0 Å². The van der Waals surface area contributed by atoms with E-state index in [0.29, 0.717) is 17.6 Å². The third-order valence-corrected chi connectivity index (χ3v) is 3.77. The average molecular weight is 262 g/mol. The monoisotopic (exact) mass is 262 g/mol. The second-order valence-corrected chi connectivity index (χ2v) is 6.16. The van der Waals surface area contributed by atoms with Crippen LogP contribution in [0.1, 0.15) is 42.6 Å². The first-order valence-corrected chi connectivity index (χ1v) is 6.72. The van der Waals surface area contributed by atoms with Crippen molar-refractivity contribution in [3.8, 4) is 0 Å². The number of benzene rings is 1. The number of nitrogen functional groups attached to an aromatic ring is 1. The highest BCUT2D eigenvalue weighted by Gasteiger charge is 2.27. The molecule has 4 heteroatoms. The molecule has 0 saturated carbocycles. The van der Waals surface area contributed by atoms with Crippen molar-refractivity contribution in [2.45, 2.75) is 33.2 Å². The SMILES string of the molecule is CC1(C)CCCN(Cc2cccc(N)c2C(=O)O)C1. The lowest BCUT2D eigenvalue weighted by molar-refractivity contribution is 0.0693. The summed E-state index contributed by atoms with van der Waals surface area (Å²) in [6, 6.07) is 5.33.